The van der Waals surface area contributed by atoms with Gasteiger partial charge in [-0.15, -0.1) is 11.3 Å². The summed E-state index contributed by atoms with van der Waals surface area (Å²) in [5.41, 5.74) is 3.45. The van der Waals surface area contributed by atoms with Crippen molar-refractivity contribution in [3.05, 3.63) is 47.5 Å². The van der Waals surface area contributed by atoms with Crippen LogP contribution >= 0.6 is 11.3 Å². The number of ether oxygens (including phenoxy) is 1. The van der Waals surface area contributed by atoms with E-state index in [1.165, 1.54) is 0 Å². The Labute approximate surface area is 184 Å². The van der Waals surface area contributed by atoms with Gasteiger partial charge < -0.3 is 19.9 Å². The SMILES string of the molecule is Cc1nc2cc(N3CC(C(=O)Nc4ccccc4N4CCOCC4)CC3=O)ccc2s1. The molecule has 2 aliphatic heterocycles. The molecule has 0 saturated carbocycles. The summed E-state index contributed by atoms with van der Waals surface area (Å²) in [6.07, 6.45) is 0.208. The van der Waals surface area contributed by atoms with Gasteiger partial charge >= 0.3 is 0 Å². The molecule has 3 aromatic rings. The highest BCUT2D eigenvalue weighted by atomic mass is 32.1. The van der Waals surface area contributed by atoms with Gasteiger partial charge in [0.25, 0.3) is 0 Å². The monoisotopic (exact) mass is 436 g/mol. The fourth-order valence-electron chi connectivity index (χ4n) is 4.23. The fourth-order valence-corrected chi connectivity index (χ4v) is 5.03. The standard InChI is InChI=1S/C23H24N4O3S/c1-15-24-19-13-17(6-7-21(19)31-15)27-14-16(12-22(27)28)23(29)25-18-4-2-3-5-20(18)26-8-10-30-11-9-26/h2-7,13,16H,8-12,14H2,1H3,(H,25,29). The number of nitrogens with one attached hydrogen (secondary N) is 1. The van der Waals surface area contributed by atoms with Crippen molar-refractivity contribution in [1.82, 2.24) is 4.98 Å². The molecule has 2 fully saturated rings. The van der Waals surface area contributed by atoms with Gasteiger partial charge in [-0.2, -0.15) is 0 Å². The number of benzene rings is 2. The smallest absolute Gasteiger partial charge is 0.229 e. The van der Waals surface area contributed by atoms with Gasteiger partial charge in [0.05, 0.1) is 45.7 Å². The number of hydrogen-bond acceptors (Lipinski definition) is 6. The van der Waals surface area contributed by atoms with E-state index in [4.69, 9.17) is 4.74 Å². The maximum atomic E-state index is 13.0. The van der Waals surface area contributed by atoms with E-state index in [-0.39, 0.29) is 18.2 Å². The van der Waals surface area contributed by atoms with Gasteiger partial charge in [-0.1, -0.05) is 12.1 Å². The van der Waals surface area contributed by atoms with Crippen molar-refractivity contribution in [2.24, 2.45) is 5.92 Å². The number of carbonyl (C=O) groups is 2. The molecule has 0 aliphatic carbocycles. The van der Waals surface area contributed by atoms with Crippen molar-refractivity contribution >= 4 is 50.4 Å². The van der Waals surface area contributed by atoms with Gasteiger partial charge in [-0.3, -0.25) is 9.59 Å². The lowest BCUT2D eigenvalue weighted by atomic mass is 10.1. The lowest BCUT2D eigenvalue weighted by molar-refractivity contribution is -0.122. The van der Waals surface area contributed by atoms with Crippen LogP contribution in [-0.4, -0.2) is 49.6 Å². The molecule has 31 heavy (non-hydrogen) atoms. The fraction of sp³-hybridized carbons (Fsp3) is 0.348. The molecule has 1 N–H and O–H groups in total. The molecule has 1 aromatic heterocycles. The van der Waals surface area contributed by atoms with Crippen molar-refractivity contribution in [3.8, 4) is 0 Å². The predicted octanol–water partition coefficient (Wildman–Crippen LogP) is 3.43. The summed E-state index contributed by atoms with van der Waals surface area (Å²) < 4.78 is 6.54. The molecular weight excluding hydrogens is 412 g/mol. The molecule has 2 aromatic carbocycles. The van der Waals surface area contributed by atoms with Crippen molar-refractivity contribution in [2.75, 3.05) is 48.0 Å². The number of fused-ring (bicyclic) bond motifs is 1. The minimum absolute atomic E-state index is 0.0343. The first-order chi connectivity index (χ1) is 15.1. The number of aryl methyl sites for hydroxylation is 1. The summed E-state index contributed by atoms with van der Waals surface area (Å²) in [6.45, 7) is 5.29. The van der Waals surface area contributed by atoms with Crippen LogP contribution in [0.5, 0.6) is 0 Å². The zero-order valence-corrected chi connectivity index (χ0v) is 18.2. The molecule has 7 nitrogen and oxygen atoms in total. The first kappa shape index (κ1) is 20.0. The highest BCUT2D eigenvalue weighted by molar-refractivity contribution is 7.18. The third-order valence-electron chi connectivity index (χ3n) is 5.80. The number of hydrogen-bond donors (Lipinski definition) is 1. The van der Waals surface area contributed by atoms with E-state index in [0.29, 0.717) is 19.8 Å². The minimum atomic E-state index is -0.391. The van der Waals surface area contributed by atoms with Gasteiger partial charge in [0.15, 0.2) is 0 Å². The van der Waals surface area contributed by atoms with Crippen LogP contribution in [0.3, 0.4) is 0 Å². The van der Waals surface area contributed by atoms with E-state index in [0.717, 1.165) is 45.4 Å². The van der Waals surface area contributed by atoms with Crippen LogP contribution < -0.4 is 15.1 Å². The third kappa shape index (κ3) is 4.00. The molecule has 1 atom stereocenters. The Kier molecular flexibility index (Phi) is 5.33. The van der Waals surface area contributed by atoms with Gasteiger partial charge in [-0.25, -0.2) is 4.98 Å². The molecule has 0 bridgehead atoms. The molecule has 0 spiro atoms. The molecule has 3 heterocycles. The Bertz CT molecular complexity index is 1140. The van der Waals surface area contributed by atoms with E-state index in [1.807, 2.05) is 49.4 Å². The average Bonchev–Trinajstić information content (AvgIpc) is 3.35. The number of thiazole rings is 1. The molecular formula is C23H24N4O3S. The van der Waals surface area contributed by atoms with E-state index in [9.17, 15) is 9.59 Å². The molecule has 2 aliphatic rings. The molecule has 160 valence electrons. The Balaban J connectivity index is 1.31. The quantitative estimate of drug-likeness (QED) is 0.678. The van der Waals surface area contributed by atoms with Crippen molar-refractivity contribution in [3.63, 3.8) is 0 Å². The number of nitrogens with zero attached hydrogens (tertiary/aromatic N) is 3. The summed E-state index contributed by atoms with van der Waals surface area (Å²) in [5.74, 6) is -0.548. The second-order valence-corrected chi connectivity index (χ2v) is 9.13. The third-order valence-corrected chi connectivity index (χ3v) is 6.75. The number of amides is 2. The zero-order valence-electron chi connectivity index (χ0n) is 17.3. The highest BCUT2D eigenvalue weighted by Gasteiger charge is 2.35. The van der Waals surface area contributed by atoms with Gasteiger partial charge in [0.2, 0.25) is 11.8 Å². The number of aromatic nitrogens is 1. The van der Waals surface area contributed by atoms with Crippen LogP contribution in [0.4, 0.5) is 17.1 Å². The summed E-state index contributed by atoms with van der Waals surface area (Å²) in [7, 11) is 0. The van der Waals surface area contributed by atoms with Crippen LogP contribution in [-0.2, 0) is 14.3 Å². The zero-order chi connectivity index (χ0) is 21.4. The number of rotatable bonds is 4. The van der Waals surface area contributed by atoms with E-state index in [1.54, 1.807) is 16.2 Å². The minimum Gasteiger partial charge on any atom is -0.378 e. The lowest BCUT2D eigenvalue weighted by Gasteiger charge is -2.30. The predicted molar refractivity (Wildman–Crippen MR) is 123 cm³/mol. The number of anilines is 3. The maximum Gasteiger partial charge on any atom is 0.229 e. The second-order valence-electron chi connectivity index (χ2n) is 7.90. The molecule has 0 radical (unpaired) electrons. The van der Waals surface area contributed by atoms with E-state index >= 15 is 0 Å². The Morgan fingerprint density at radius 3 is 2.84 bits per heavy atom. The van der Waals surface area contributed by atoms with Crippen LogP contribution in [0, 0.1) is 12.8 Å². The van der Waals surface area contributed by atoms with Crippen molar-refractivity contribution < 1.29 is 14.3 Å². The molecule has 2 saturated heterocycles. The highest BCUT2D eigenvalue weighted by Crippen LogP contribution is 2.32. The second kappa shape index (κ2) is 8.28. The Morgan fingerprint density at radius 1 is 1.19 bits per heavy atom. The number of morpholine rings is 1. The van der Waals surface area contributed by atoms with Crippen LogP contribution in [0.25, 0.3) is 10.2 Å². The lowest BCUT2D eigenvalue weighted by Crippen LogP contribution is -2.37. The van der Waals surface area contributed by atoms with Crippen LogP contribution in [0.1, 0.15) is 11.4 Å². The summed E-state index contributed by atoms with van der Waals surface area (Å²) >= 11 is 1.63. The van der Waals surface area contributed by atoms with Crippen LogP contribution in [0.2, 0.25) is 0 Å². The molecule has 8 heteroatoms. The summed E-state index contributed by atoms with van der Waals surface area (Å²) in [4.78, 5) is 34.2. The topological polar surface area (TPSA) is 74.8 Å². The summed E-state index contributed by atoms with van der Waals surface area (Å²) in [6, 6.07) is 13.7. The average molecular weight is 437 g/mol. The Morgan fingerprint density at radius 2 is 2.00 bits per heavy atom. The largest absolute Gasteiger partial charge is 0.378 e. The van der Waals surface area contributed by atoms with Crippen molar-refractivity contribution in [2.45, 2.75) is 13.3 Å². The van der Waals surface area contributed by atoms with Crippen LogP contribution in [0.15, 0.2) is 42.5 Å². The maximum absolute atomic E-state index is 13.0. The first-order valence-corrected chi connectivity index (χ1v) is 11.3. The number of para-hydroxylation sites is 2. The first-order valence-electron chi connectivity index (χ1n) is 10.5. The van der Waals surface area contributed by atoms with Gasteiger partial charge in [0.1, 0.15) is 0 Å². The molecule has 2 amide bonds. The normalized spacial score (nSPS) is 19.3. The number of carbonyl (C=O) groups excluding carboxylic acids is 2. The van der Waals surface area contributed by atoms with E-state index in [2.05, 4.69) is 15.2 Å². The molecule has 1 unspecified atom stereocenters. The van der Waals surface area contributed by atoms with Gasteiger partial charge in [0, 0.05) is 31.7 Å². The Hall–Kier alpha value is -2.97. The van der Waals surface area contributed by atoms with Gasteiger partial charge in [-0.05, 0) is 37.3 Å². The van der Waals surface area contributed by atoms with E-state index < -0.39 is 5.92 Å². The molecule has 5 rings (SSSR count). The summed E-state index contributed by atoms with van der Waals surface area (Å²) in [5, 5.41) is 4.06. The van der Waals surface area contributed by atoms with Crippen molar-refractivity contribution in [1.29, 1.82) is 0 Å².